The van der Waals surface area contributed by atoms with Crippen LogP contribution in [-0.2, 0) is 11.3 Å². The highest BCUT2D eigenvalue weighted by atomic mass is 16.5. The van der Waals surface area contributed by atoms with Crippen LogP contribution in [0.3, 0.4) is 0 Å². The molecule has 136 valence electrons. The highest BCUT2D eigenvalue weighted by Crippen LogP contribution is 2.26. The molecule has 3 rings (SSSR count). The van der Waals surface area contributed by atoms with E-state index >= 15 is 0 Å². The summed E-state index contributed by atoms with van der Waals surface area (Å²) in [6.07, 6.45) is 3.41. The van der Waals surface area contributed by atoms with Gasteiger partial charge in [-0.25, -0.2) is 9.97 Å². The Hall–Kier alpha value is -2.87. The van der Waals surface area contributed by atoms with Crippen molar-refractivity contribution in [1.82, 2.24) is 25.1 Å². The van der Waals surface area contributed by atoms with Crippen molar-refractivity contribution in [3.8, 4) is 11.4 Å². The number of aryl methyl sites for hydroxylation is 1. The third kappa shape index (κ3) is 4.20. The molecule has 0 saturated carbocycles. The Morgan fingerprint density at radius 1 is 1.23 bits per heavy atom. The SMILES string of the molecule is COCc1nc(C)cc(NC(c2nc(-c3cccnc3)no2)C(C)C)n1. The van der Waals surface area contributed by atoms with Crippen molar-refractivity contribution in [3.63, 3.8) is 0 Å². The van der Waals surface area contributed by atoms with E-state index in [-0.39, 0.29) is 12.0 Å². The molecular weight excluding hydrogens is 332 g/mol. The molecule has 0 aliphatic heterocycles. The monoisotopic (exact) mass is 354 g/mol. The van der Waals surface area contributed by atoms with Gasteiger partial charge in [0.25, 0.3) is 0 Å². The van der Waals surface area contributed by atoms with Gasteiger partial charge in [0.2, 0.25) is 11.7 Å². The van der Waals surface area contributed by atoms with E-state index in [2.05, 4.69) is 44.3 Å². The molecule has 0 radical (unpaired) electrons. The second-order valence-electron chi connectivity index (χ2n) is 6.31. The lowest BCUT2D eigenvalue weighted by atomic mass is 10.0. The number of nitrogens with one attached hydrogen (secondary N) is 1. The van der Waals surface area contributed by atoms with Crippen LogP contribution in [0.25, 0.3) is 11.4 Å². The smallest absolute Gasteiger partial charge is 0.249 e. The molecule has 3 aromatic rings. The molecule has 0 aromatic carbocycles. The van der Waals surface area contributed by atoms with Gasteiger partial charge < -0.3 is 14.6 Å². The molecule has 1 atom stereocenters. The van der Waals surface area contributed by atoms with Gasteiger partial charge in [-0.05, 0) is 25.0 Å². The Kier molecular flexibility index (Phi) is 5.52. The largest absolute Gasteiger partial charge is 0.377 e. The summed E-state index contributed by atoms with van der Waals surface area (Å²) in [5, 5.41) is 7.46. The molecular formula is C18H22N6O2. The van der Waals surface area contributed by atoms with E-state index < -0.39 is 0 Å². The summed E-state index contributed by atoms with van der Waals surface area (Å²) in [7, 11) is 1.62. The average Bonchev–Trinajstić information content (AvgIpc) is 3.10. The fourth-order valence-corrected chi connectivity index (χ4v) is 2.54. The fraction of sp³-hybridized carbons (Fsp3) is 0.389. The number of aromatic nitrogens is 5. The lowest BCUT2D eigenvalue weighted by Crippen LogP contribution is -2.19. The summed E-state index contributed by atoms with van der Waals surface area (Å²) in [6, 6.07) is 5.43. The molecule has 1 unspecified atom stereocenters. The Labute approximate surface area is 152 Å². The van der Waals surface area contributed by atoms with Gasteiger partial charge >= 0.3 is 0 Å². The van der Waals surface area contributed by atoms with E-state index in [4.69, 9.17) is 9.26 Å². The fourth-order valence-electron chi connectivity index (χ4n) is 2.54. The van der Waals surface area contributed by atoms with Crippen LogP contribution in [0.2, 0.25) is 0 Å². The van der Waals surface area contributed by atoms with Crippen molar-refractivity contribution < 1.29 is 9.26 Å². The maximum absolute atomic E-state index is 5.50. The van der Waals surface area contributed by atoms with Gasteiger partial charge in [-0.15, -0.1) is 0 Å². The van der Waals surface area contributed by atoms with Gasteiger partial charge in [0.1, 0.15) is 18.5 Å². The summed E-state index contributed by atoms with van der Waals surface area (Å²) in [6.45, 7) is 6.43. The average molecular weight is 354 g/mol. The molecule has 3 heterocycles. The lowest BCUT2D eigenvalue weighted by Gasteiger charge is -2.19. The third-order valence-electron chi connectivity index (χ3n) is 3.77. The zero-order valence-electron chi connectivity index (χ0n) is 15.3. The topological polar surface area (TPSA) is 98.8 Å². The van der Waals surface area contributed by atoms with E-state index in [9.17, 15) is 0 Å². The highest BCUT2D eigenvalue weighted by molar-refractivity contribution is 5.52. The third-order valence-corrected chi connectivity index (χ3v) is 3.77. The van der Waals surface area contributed by atoms with Gasteiger partial charge in [-0.2, -0.15) is 4.98 Å². The van der Waals surface area contributed by atoms with Crippen LogP contribution < -0.4 is 5.32 Å². The van der Waals surface area contributed by atoms with Crippen LogP contribution in [0.5, 0.6) is 0 Å². The number of rotatable bonds is 7. The molecule has 0 spiro atoms. The second-order valence-corrected chi connectivity index (χ2v) is 6.31. The zero-order chi connectivity index (χ0) is 18.5. The summed E-state index contributed by atoms with van der Waals surface area (Å²) < 4.78 is 10.6. The van der Waals surface area contributed by atoms with Crippen LogP contribution in [-0.4, -0.2) is 32.2 Å². The summed E-state index contributed by atoms with van der Waals surface area (Å²) in [5.74, 6) is 2.55. The minimum absolute atomic E-state index is 0.183. The van der Waals surface area contributed by atoms with E-state index in [0.29, 0.717) is 30.0 Å². The Balaban J connectivity index is 1.86. The first kappa shape index (κ1) is 17.9. The van der Waals surface area contributed by atoms with E-state index in [1.165, 1.54) is 0 Å². The van der Waals surface area contributed by atoms with Crippen molar-refractivity contribution in [2.75, 3.05) is 12.4 Å². The molecule has 0 fully saturated rings. The van der Waals surface area contributed by atoms with Gasteiger partial charge in [-0.3, -0.25) is 4.98 Å². The maximum Gasteiger partial charge on any atom is 0.249 e. The van der Waals surface area contributed by atoms with E-state index in [0.717, 1.165) is 11.3 Å². The molecule has 1 N–H and O–H groups in total. The minimum atomic E-state index is -0.183. The minimum Gasteiger partial charge on any atom is -0.377 e. The molecule has 26 heavy (non-hydrogen) atoms. The van der Waals surface area contributed by atoms with Crippen molar-refractivity contribution in [2.24, 2.45) is 5.92 Å². The van der Waals surface area contributed by atoms with Crippen molar-refractivity contribution in [3.05, 3.63) is 48.0 Å². The summed E-state index contributed by atoms with van der Waals surface area (Å²) >= 11 is 0. The number of hydrogen-bond acceptors (Lipinski definition) is 8. The first-order valence-electron chi connectivity index (χ1n) is 8.41. The number of nitrogens with zero attached hydrogens (tertiary/aromatic N) is 5. The predicted octanol–water partition coefficient (Wildman–Crippen LogP) is 3.19. The maximum atomic E-state index is 5.50. The van der Waals surface area contributed by atoms with Crippen LogP contribution in [0.15, 0.2) is 35.1 Å². The van der Waals surface area contributed by atoms with E-state index in [1.807, 2.05) is 25.1 Å². The van der Waals surface area contributed by atoms with Crippen LogP contribution >= 0.6 is 0 Å². The predicted molar refractivity (Wildman–Crippen MR) is 96.2 cm³/mol. The number of anilines is 1. The molecule has 0 bridgehead atoms. The molecule has 0 amide bonds. The Morgan fingerprint density at radius 3 is 2.77 bits per heavy atom. The van der Waals surface area contributed by atoms with E-state index in [1.54, 1.807) is 19.5 Å². The van der Waals surface area contributed by atoms with Gasteiger partial charge in [0, 0.05) is 36.8 Å². The summed E-state index contributed by atoms with van der Waals surface area (Å²) in [5.41, 5.74) is 1.67. The van der Waals surface area contributed by atoms with Gasteiger partial charge in [0.05, 0.1) is 0 Å². The first-order chi connectivity index (χ1) is 12.6. The molecule has 0 saturated heterocycles. The quantitative estimate of drug-likeness (QED) is 0.690. The van der Waals surface area contributed by atoms with Gasteiger partial charge in [0.15, 0.2) is 5.82 Å². The van der Waals surface area contributed by atoms with Gasteiger partial charge in [-0.1, -0.05) is 19.0 Å². The second kappa shape index (κ2) is 8.01. The standard InChI is InChI=1S/C18H22N6O2/c1-11(2)16(22-14-8-12(3)20-15(21-14)10-25-4)18-23-17(24-26-18)13-6-5-7-19-9-13/h5-9,11,16H,10H2,1-4H3,(H,20,21,22). The molecule has 8 heteroatoms. The Bertz CT molecular complexity index is 850. The normalized spacial score (nSPS) is 12.3. The molecule has 8 nitrogen and oxygen atoms in total. The number of pyridine rings is 1. The number of ether oxygens (including phenoxy) is 1. The van der Waals surface area contributed by atoms with Crippen LogP contribution in [0.4, 0.5) is 5.82 Å². The zero-order valence-corrected chi connectivity index (χ0v) is 15.3. The first-order valence-corrected chi connectivity index (χ1v) is 8.41. The highest BCUT2D eigenvalue weighted by Gasteiger charge is 2.24. The number of hydrogen-bond donors (Lipinski definition) is 1. The van der Waals surface area contributed by atoms with Crippen molar-refractivity contribution in [2.45, 2.75) is 33.4 Å². The van der Waals surface area contributed by atoms with Crippen molar-refractivity contribution in [1.29, 1.82) is 0 Å². The number of methoxy groups -OCH3 is 1. The molecule has 0 aliphatic rings. The lowest BCUT2D eigenvalue weighted by molar-refractivity contribution is 0.177. The van der Waals surface area contributed by atoms with Crippen LogP contribution in [0, 0.1) is 12.8 Å². The van der Waals surface area contributed by atoms with Crippen LogP contribution in [0.1, 0.15) is 37.3 Å². The summed E-state index contributed by atoms with van der Waals surface area (Å²) in [4.78, 5) is 17.5. The molecule has 3 aromatic heterocycles. The molecule has 0 aliphatic carbocycles. The Morgan fingerprint density at radius 2 is 2.08 bits per heavy atom. The van der Waals surface area contributed by atoms with Crippen molar-refractivity contribution >= 4 is 5.82 Å².